The molecule has 1 unspecified atom stereocenters. The van der Waals surface area contributed by atoms with E-state index >= 15 is 0 Å². The third kappa shape index (κ3) is 4.85. The Morgan fingerprint density at radius 1 is 1.00 bits per heavy atom. The minimum atomic E-state index is -4.43. The summed E-state index contributed by atoms with van der Waals surface area (Å²) in [5.74, 6) is -0.165. The summed E-state index contributed by atoms with van der Waals surface area (Å²) < 4.78 is 38.3. The minimum Gasteiger partial charge on any atom is -0.344 e. The molecule has 2 aromatic carbocycles. The number of aromatic nitrogens is 2. The first-order chi connectivity index (χ1) is 13.3. The number of carbonyl (C=O) groups is 1. The molecule has 0 aliphatic rings. The van der Waals surface area contributed by atoms with E-state index in [0.29, 0.717) is 0 Å². The summed E-state index contributed by atoms with van der Waals surface area (Å²) in [4.78, 5) is 20.4. The number of halogens is 3. The standard InChI is InChI=1S/C20H17F3N4O/c1-13(14-6-3-2-4-7-14)26-19(28)17-11-25-18(12-24-17)27-16-9-5-8-15(10-16)20(21,22)23/h2-13H,1H3,(H,25,27)(H,26,28). The van der Waals surface area contributed by atoms with Crippen molar-refractivity contribution in [3.05, 3.63) is 83.8 Å². The zero-order valence-electron chi connectivity index (χ0n) is 14.9. The number of alkyl halides is 3. The monoisotopic (exact) mass is 386 g/mol. The van der Waals surface area contributed by atoms with Crippen molar-refractivity contribution in [1.29, 1.82) is 0 Å². The summed E-state index contributed by atoms with van der Waals surface area (Å²) in [6.07, 6.45) is -1.87. The Labute approximate surface area is 159 Å². The summed E-state index contributed by atoms with van der Waals surface area (Å²) in [6.45, 7) is 1.85. The average Bonchev–Trinajstić information content (AvgIpc) is 2.69. The number of hydrogen-bond acceptors (Lipinski definition) is 4. The second kappa shape index (κ2) is 8.08. The smallest absolute Gasteiger partial charge is 0.344 e. The normalized spacial score (nSPS) is 12.3. The van der Waals surface area contributed by atoms with Crippen LogP contribution in [0.2, 0.25) is 0 Å². The number of nitrogens with zero attached hydrogens (tertiary/aromatic N) is 2. The van der Waals surface area contributed by atoms with Gasteiger partial charge in [0.1, 0.15) is 11.5 Å². The SMILES string of the molecule is CC(NC(=O)c1cnc(Nc2cccc(C(F)(F)F)c2)cn1)c1ccccc1. The number of nitrogens with one attached hydrogen (secondary N) is 2. The second-order valence-electron chi connectivity index (χ2n) is 6.10. The fourth-order valence-electron chi connectivity index (χ4n) is 2.53. The van der Waals surface area contributed by atoms with Crippen molar-refractivity contribution in [2.45, 2.75) is 19.1 Å². The lowest BCUT2D eigenvalue weighted by atomic mass is 10.1. The first kappa shape index (κ1) is 19.3. The van der Waals surface area contributed by atoms with Crippen molar-refractivity contribution < 1.29 is 18.0 Å². The molecule has 1 atom stereocenters. The van der Waals surface area contributed by atoms with Crippen LogP contribution >= 0.6 is 0 Å². The van der Waals surface area contributed by atoms with E-state index in [9.17, 15) is 18.0 Å². The zero-order valence-corrected chi connectivity index (χ0v) is 14.9. The van der Waals surface area contributed by atoms with Gasteiger partial charge in [0.25, 0.3) is 5.91 Å². The van der Waals surface area contributed by atoms with Crippen molar-refractivity contribution in [2.75, 3.05) is 5.32 Å². The minimum absolute atomic E-state index is 0.109. The molecule has 2 N–H and O–H groups in total. The topological polar surface area (TPSA) is 66.9 Å². The maximum absolute atomic E-state index is 12.8. The highest BCUT2D eigenvalue weighted by Gasteiger charge is 2.30. The summed E-state index contributed by atoms with van der Waals surface area (Å²) in [6, 6.07) is 14.0. The van der Waals surface area contributed by atoms with Gasteiger partial charge in [0.05, 0.1) is 24.0 Å². The first-order valence-corrected chi connectivity index (χ1v) is 8.45. The molecule has 0 aliphatic heterocycles. The van der Waals surface area contributed by atoms with Gasteiger partial charge < -0.3 is 10.6 Å². The van der Waals surface area contributed by atoms with Crippen LogP contribution < -0.4 is 10.6 Å². The molecule has 1 heterocycles. The summed E-state index contributed by atoms with van der Waals surface area (Å²) in [5.41, 5.74) is 0.513. The Morgan fingerprint density at radius 3 is 2.39 bits per heavy atom. The Hall–Kier alpha value is -3.42. The van der Waals surface area contributed by atoms with Crippen molar-refractivity contribution in [3.63, 3.8) is 0 Å². The van der Waals surface area contributed by atoms with E-state index in [1.54, 1.807) is 0 Å². The molecule has 1 amide bonds. The van der Waals surface area contributed by atoms with Crippen LogP contribution in [0.1, 0.15) is 34.6 Å². The molecule has 0 spiro atoms. The van der Waals surface area contributed by atoms with Gasteiger partial charge in [-0.3, -0.25) is 4.79 Å². The molecule has 5 nitrogen and oxygen atoms in total. The maximum Gasteiger partial charge on any atom is 0.416 e. The van der Waals surface area contributed by atoms with Gasteiger partial charge in [-0.15, -0.1) is 0 Å². The molecule has 3 rings (SSSR count). The highest BCUT2D eigenvalue weighted by Crippen LogP contribution is 2.31. The van der Waals surface area contributed by atoms with E-state index in [4.69, 9.17) is 0 Å². The average molecular weight is 386 g/mol. The van der Waals surface area contributed by atoms with E-state index in [1.165, 1.54) is 24.5 Å². The van der Waals surface area contributed by atoms with Crippen LogP contribution in [0.15, 0.2) is 67.0 Å². The number of carbonyl (C=O) groups excluding carboxylic acids is 1. The molecular weight excluding hydrogens is 369 g/mol. The largest absolute Gasteiger partial charge is 0.416 e. The number of hydrogen-bond donors (Lipinski definition) is 2. The van der Waals surface area contributed by atoms with Crippen LogP contribution in [0.3, 0.4) is 0 Å². The molecule has 0 saturated heterocycles. The number of amides is 1. The highest BCUT2D eigenvalue weighted by atomic mass is 19.4. The Bertz CT molecular complexity index is 944. The van der Waals surface area contributed by atoms with Crippen LogP contribution in [0, 0.1) is 0 Å². The van der Waals surface area contributed by atoms with Gasteiger partial charge >= 0.3 is 6.18 Å². The van der Waals surface area contributed by atoms with Crippen molar-refractivity contribution in [1.82, 2.24) is 15.3 Å². The Kier molecular flexibility index (Phi) is 5.58. The van der Waals surface area contributed by atoms with Crippen molar-refractivity contribution in [2.24, 2.45) is 0 Å². The van der Waals surface area contributed by atoms with E-state index in [-0.39, 0.29) is 23.2 Å². The molecule has 0 radical (unpaired) electrons. The van der Waals surface area contributed by atoms with Gasteiger partial charge in [0.15, 0.2) is 0 Å². The predicted molar refractivity (Wildman–Crippen MR) is 99.1 cm³/mol. The van der Waals surface area contributed by atoms with Gasteiger partial charge in [0.2, 0.25) is 0 Å². The zero-order chi connectivity index (χ0) is 20.1. The van der Waals surface area contributed by atoms with E-state index in [0.717, 1.165) is 17.7 Å². The van der Waals surface area contributed by atoms with E-state index < -0.39 is 17.6 Å². The quantitative estimate of drug-likeness (QED) is 0.665. The van der Waals surface area contributed by atoms with Crippen LogP contribution in [0.5, 0.6) is 0 Å². The molecule has 1 aromatic heterocycles. The summed E-state index contributed by atoms with van der Waals surface area (Å²) in [5, 5.41) is 5.56. The maximum atomic E-state index is 12.8. The van der Waals surface area contributed by atoms with Gasteiger partial charge in [-0.2, -0.15) is 13.2 Å². The molecular formula is C20H17F3N4O. The highest BCUT2D eigenvalue weighted by molar-refractivity contribution is 5.92. The lowest BCUT2D eigenvalue weighted by Crippen LogP contribution is -2.27. The van der Waals surface area contributed by atoms with Crippen LogP contribution in [-0.2, 0) is 6.18 Å². The Balaban J connectivity index is 1.66. The molecule has 28 heavy (non-hydrogen) atoms. The fourth-order valence-corrected chi connectivity index (χ4v) is 2.53. The van der Waals surface area contributed by atoms with Crippen LogP contribution in [-0.4, -0.2) is 15.9 Å². The lowest BCUT2D eigenvalue weighted by Gasteiger charge is -2.14. The molecule has 0 saturated carbocycles. The van der Waals surface area contributed by atoms with Gasteiger partial charge in [-0.05, 0) is 30.7 Å². The molecule has 0 bridgehead atoms. The molecule has 144 valence electrons. The van der Waals surface area contributed by atoms with Crippen molar-refractivity contribution >= 4 is 17.4 Å². The molecule has 8 heteroatoms. The van der Waals surface area contributed by atoms with Gasteiger partial charge in [-0.1, -0.05) is 36.4 Å². The lowest BCUT2D eigenvalue weighted by molar-refractivity contribution is -0.137. The third-order valence-electron chi connectivity index (χ3n) is 3.99. The third-order valence-corrected chi connectivity index (χ3v) is 3.99. The van der Waals surface area contributed by atoms with Gasteiger partial charge in [0, 0.05) is 5.69 Å². The number of benzene rings is 2. The first-order valence-electron chi connectivity index (χ1n) is 8.45. The van der Waals surface area contributed by atoms with E-state index in [2.05, 4.69) is 20.6 Å². The second-order valence-corrected chi connectivity index (χ2v) is 6.10. The molecule has 0 aliphatic carbocycles. The van der Waals surface area contributed by atoms with E-state index in [1.807, 2.05) is 37.3 Å². The Morgan fingerprint density at radius 2 is 1.75 bits per heavy atom. The summed E-state index contributed by atoms with van der Waals surface area (Å²) >= 11 is 0. The molecule has 0 fully saturated rings. The fraction of sp³-hybridized carbons (Fsp3) is 0.150. The summed E-state index contributed by atoms with van der Waals surface area (Å²) in [7, 11) is 0. The van der Waals surface area contributed by atoms with Gasteiger partial charge in [-0.25, -0.2) is 9.97 Å². The predicted octanol–water partition coefficient (Wildman–Crippen LogP) is 4.73. The molecule has 3 aromatic rings. The van der Waals surface area contributed by atoms with Crippen LogP contribution in [0.4, 0.5) is 24.7 Å². The number of anilines is 2. The van der Waals surface area contributed by atoms with Crippen molar-refractivity contribution in [3.8, 4) is 0 Å². The number of rotatable bonds is 5. The van der Waals surface area contributed by atoms with Crippen LogP contribution in [0.25, 0.3) is 0 Å².